The molecule has 266 valence electrons. The van der Waals surface area contributed by atoms with Crippen molar-refractivity contribution < 1.29 is 8.83 Å². The summed E-state index contributed by atoms with van der Waals surface area (Å²) < 4.78 is 18.6. The number of benzene rings is 9. The van der Waals surface area contributed by atoms with Gasteiger partial charge < -0.3 is 17.6 Å². The fourth-order valence-electron chi connectivity index (χ4n) is 11.0. The summed E-state index contributed by atoms with van der Waals surface area (Å²) in [6.07, 6.45) is 0. The summed E-state index contributed by atoms with van der Waals surface area (Å²) in [5.41, 5.74) is 15.7. The number of furan rings is 2. The van der Waals surface area contributed by atoms with Gasteiger partial charge in [0.15, 0.2) is 0 Å². The maximum Gasteiger partial charge on any atom is 0.145 e. The molecule has 15 rings (SSSR count). The quantitative estimate of drug-likeness (QED) is 0.177. The first-order valence-corrected chi connectivity index (χ1v) is 19.9. The largest absolute Gasteiger partial charge is 0.455 e. The van der Waals surface area contributed by atoms with E-state index < -0.39 is 0 Å². The number of aromatic nitrogens is 2. The Kier molecular flexibility index (Phi) is 5.14. The van der Waals surface area contributed by atoms with Crippen molar-refractivity contribution in [2.24, 2.45) is 0 Å². The van der Waals surface area contributed by atoms with Crippen LogP contribution in [-0.4, -0.2) is 8.80 Å². The Morgan fingerprint density at radius 2 is 0.655 bits per heavy atom. The van der Waals surface area contributed by atoms with Gasteiger partial charge in [0.1, 0.15) is 22.3 Å². The van der Waals surface area contributed by atoms with Gasteiger partial charge in [-0.1, -0.05) is 133 Å². The first-order valence-electron chi connectivity index (χ1n) is 19.9. The van der Waals surface area contributed by atoms with E-state index in [0.717, 1.165) is 65.7 Å². The molecule has 0 amide bonds. The van der Waals surface area contributed by atoms with Crippen molar-refractivity contribution >= 4 is 120 Å². The zero-order chi connectivity index (χ0) is 37.4. The van der Waals surface area contributed by atoms with Gasteiger partial charge in [0.25, 0.3) is 0 Å². The molecule has 6 aromatic heterocycles. The summed E-state index contributed by atoms with van der Waals surface area (Å²) in [7, 11) is 0. The molecule has 4 nitrogen and oxygen atoms in total. The maximum atomic E-state index is 6.76. The van der Waals surface area contributed by atoms with Crippen LogP contribution in [0.1, 0.15) is 0 Å². The van der Waals surface area contributed by atoms with Crippen LogP contribution in [0.15, 0.2) is 179 Å². The van der Waals surface area contributed by atoms with Crippen LogP contribution in [0.25, 0.3) is 142 Å². The molecule has 0 aliphatic carbocycles. The first-order chi connectivity index (χ1) is 28.8. The smallest absolute Gasteiger partial charge is 0.145 e. The molecule has 0 unspecified atom stereocenters. The lowest BCUT2D eigenvalue weighted by Gasteiger charge is -2.15. The zero-order valence-corrected chi connectivity index (χ0v) is 30.9. The highest BCUT2D eigenvalue weighted by atomic mass is 16.3. The molecule has 58 heavy (non-hydrogen) atoms. The molecule has 0 saturated heterocycles. The number of fused-ring (bicyclic) bond motifs is 20. The lowest BCUT2D eigenvalue weighted by molar-refractivity contribution is 0.672. The Morgan fingerprint density at radius 1 is 0.276 bits per heavy atom. The predicted octanol–water partition coefficient (Wildman–Crippen LogP) is 15.1. The Morgan fingerprint density at radius 3 is 1.10 bits per heavy atom. The van der Waals surface area contributed by atoms with Crippen molar-refractivity contribution in [2.75, 3.05) is 0 Å². The minimum absolute atomic E-state index is 0.913. The topological polar surface area (TPSA) is 35.1 Å². The molecule has 0 fully saturated rings. The summed E-state index contributed by atoms with van der Waals surface area (Å²) in [6, 6.07) is 61.7. The molecule has 0 radical (unpaired) electrons. The van der Waals surface area contributed by atoms with Crippen LogP contribution < -0.4 is 0 Å². The molecule has 6 heterocycles. The molecule has 0 aliphatic rings. The molecule has 9 aromatic carbocycles. The lowest BCUT2D eigenvalue weighted by atomic mass is 9.89. The van der Waals surface area contributed by atoms with Gasteiger partial charge in [-0.05, 0) is 47.5 Å². The minimum Gasteiger partial charge on any atom is -0.455 e. The highest BCUT2D eigenvalue weighted by molar-refractivity contribution is 6.40. The summed E-state index contributed by atoms with van der Waals surface area (Å²) in [6.45, 7) is 0. The standard InChI is InChI=1S/C54H28N2O2/c1-3-13-29(14-4-1)43-47-37-21-11-19-35-46-40(28-26-34-32-18-8-10-24-42(32)58-54(34)46)56(49(35)37)52(47)44(30-15-5-2-6-16-30)48-38-22-12-20-36-45-39(55(50(36)38)51(43)48)27-25-33-31-17-7-9-23-41(31)57-53(33)45/h1-28H. The average molecular weight is 737 g/mol. The van der Waals surface area contributed by atoms with Crippen molar-refractivity contribution in [3.05, 3.63) is 170 Å². The van der Waals surface area contributed by atoms with Crippen molar-refractivity contribution in [3.63, 3.8) is 0 Å². The summed E-state index contributed by atoms with van der Waals surface area (Å²) in [5, 5.41) is 14.3. The van der Waals surface area contributed by atoms with Gasteiger partial charge in [0, 0.05) is 65.0 Å². The Labute approximate surface area is 328 Å². The van der Waals surface area contributed by atoms with Gasteiger partial charge in [-0.15, -0.1) is 0 Å². The van der Waals surface area contributed by atoms with Gasteiger partial charge in [0.2, 0.25) is 0 Å². The Balaban J connectivity index is 1.26. The lowest BCUT2D eigenvalue weighted by Crippen LogP contribution is -1.93. The van der Waals surface area contributed by atoms with Gasteiger partial charge in [-0.25, -0.2) is 0 Å². The van der Waals surface area contributed by atoms with Crippen LogP contribution >= 0.6 is 0 Å². The van der Waals surface area contributed by atoms with Crippen molar-refractivity contribution in [2.45, 2.75) is 0 Å². The van der Waals surface area contributed by atoms with Crippen molar-refractivity contribution in [3.8, 4) is 22.3 Å². The maximum absolute atomic E-state index is 6.76. The molecular weight excluding hydrogens is 709 g/mol. The molecule has 0 spiro atoms. The van der Waals surface area contributed by atoms with E-state index in [0.29, 0.717) is 0 Å². The molecule has 0 saturated carbocycles. The molecule has 0 bridgehead atoms. The van der Waals surface area contributed by atoms with E-state index in [1.54, 1.807) is 0 Å². The van der Waals surface area contributed by atoms with E-state index in [9.17, 15) is 0 Å². The summed E-state index contributed by atoms with van der Waals surface area (Å²) in [4.78, 5) is 0. The Hall–Kier alpha value is -7.82. The third-order valence-electron chi connectivity index (χ3n) is 13.1. The molecule has 0 aliphatic heterocycles. The van der Waals surface area contributed by atoms with E-state index in [2.05, 4.69) is 179 Å². The molecule has 0 N–H and O–H groups in total. The second kappa shape index (κ2) is 10.1. The zero-order valence-electron chi connectivity index (χ0n) is 30.9. The van der Waals surface area contributed by atoms with Crippen molar-refractivity contribution in [1.29, 1.82) is 0 Å². The highest BCUT2D eigenvalue weighted by Crippen LogP contribution is 2.55. The van der Waals surface area contributed by atoms with Gasteiger partial charge in [-0.3, -0.25) is 0 Å². The van der Waals surface area contributed by atoms with E-state index in [-0.39, 0.29) is 0 Å². The second-order valence-corrected chi connectivity index (χ2v) is 15.9. The van der Waals surface area contributed by atoms with Gasteiger partial charge >= 0.3 is 0 Å². The molecule has 15 aromatic rings. The first kappa shape index (κ1) is 29.5. The third kappa shape index (κ3) is 3.30. The number of hydrogen-bond donors (Lipinski definition) is 0. The monoisotopic (exact) mass is 736 g/mol. The van der Waals surface area contributed by atoms with E-state index in [1.165, 1.54) is 76.6 Å². The minimum atomic E-state index is 0.913. The fraction of sp³-hybridized carbons (Fsp3) is 0. The van der Waals surface area contributed by atoms with Crippen LogP contribution in [0.3, 0.4) is 0 Å². The number of para-hydroxylation sites is 4. The summed E-state index contributed by atoms with van der Waals surface area (Å²) in [5.74, 6) is 0. The van der Waals surface area contributed by atoms with Crippen LogP contribution in [0, 0.1) is 0 Å². The third-order valence-corrected chi connectivity index (χ3v) is 13.1. The Bertz CT molecular complexity index is 3960. The number of rotatable bonds is 2. The van der Waals surface area contributed by atoms with Gasteiger partial charge in [0.05, 0.1) is 43.9 Å². The van der Waals surface area contributed by atoms with Crippen LogP contribution in [0.4, 0.5) is 0 Å². The van der Waals surface area contributed by atoms with Gasteiger partial charge in [-0.2, -0.15) is 0 Å². The van der Waals surface area contributed by atoms with Crippen LogP contribution in [-0.2, 0) is 0 Å². The highest BCUT2D eigenvalue weighted by Gasteiger charge is 2.31. The molecule has 0 atom stereocenters. The number of nitrogens with zero attached hydrogens (tertiary/aromatic N) is 2. The van der Waals surface area contributed by atoms with E-state index >= 15 is 0 Å². The summed E-state index contributed by atoms with van der Waals surface area (Å²) >= 11 is 0. The van der Waals surface area contributed by atoms with E-state index in [1.807, 2.05) is 0 Å². The molecular formula is C54H28N2O2. The van der Waals surface area contributed by atoms with Crippen molar-refractivity contribution in [1.82, 2.24) is 8.80 Å². The predicted molar refractivity (Wildman–Crippen MR) is 241 cm³/mol. The normalized spacial score (nSPS) is 12.8. The second-order valence-electron chi connectivity index (χ2n) is 15.9. The van der Waals surface area contributed by atoms with Crippen LogP contribution in [0.2, 0.25) is 0 Å². The van der Waals surface area contributed by atoms with Crippen LogP contribution in [0.5, 0.6) is 0 Å². The number of hydrogen-bond acceptors (Lipinski definition) is 2. The molecule has 4 heteroatoms. The fourth-order valence-corrected chi connectivity index (χ4v) is 11.0. The van der Waals surface area contributed by atoms with E-state index in [4.69, 9.17) is 8.83 Å². The SMILES string of the molecule is c1ccc(-c2c3c4cccc5c6c7oc8ccccc8c7ccc6n(c3c(-c3ccccc3)c3c6cccc7c8c9oc%10ccccc%10c9ccc8n(c23)c67)c45)cc1. The average Bonchev–Trinajstić information content (AvgIpc) is 4.12.